The smallest absolute Gasteiger partial charge is 0.264 e. The normalized spacial score (nSPS) is 11.5. The van der Waals surface area contributed by atoms with E-state index in [0.717, 1.165) is 44.3 Å². The Morgan fingerprint density at radius 1 is 0.708 bits per heavy atom. The lowest BCUT2D eigenvalue weighted by Gasteiger charge is -2.06. The highest BCUT2D eigenvalue weighted by molar-refractivity contribution is 7.85. The second-order valence-corrected chi connectivity index (χ2v) is 7.87. The maximum Gasteiger partial charge on any atom is 0.264 e. The lowest BCUT2D eigenvalue weighted by Crippen LogP contribution is -2.03. The molecule has 0 aromatic heterocycles. The van der Waals surface area contributed by atoms with Gasteiger partial charge < -0.3 is 4.74 Å². The molecule has 0 fully saturated rings. The standard InChI is InChI=1S/C19H32O4S/c1-24(20,21)23-18-14-9-7-5-3-2-4-6-8-13-17-22-19-15-11-10-12-16-19/h10-12,15-16H,2-9,13-14,17-18H2,1H3. The Balaban J connectivity index is 1.76. The second-order valence-electron chi connectivity index (χ2n) is 6.22. The van der Waals surface area contributed by atoms with Crippen LogP contribution in [0.25, 0.3) is 0 Å². The SMILES string of the molecule is CS(=O)(=O)OCCCCCCCCCCCCOc1ccccc1. The van der Waals surface area contributed by atoms with E-state index in [4.69, 9.17) is 8.92 Å². The molecule has 0 spiro atoms. The Morgan fingerprint density at radius 3 is 1.67 bits per heavy atom. The van der Waals surface area contributed by atoms with E-state index in [1.807, 2.05) is 30.3 Å². The third-order valence-corrected chi connectivity index (χ3v) is 4.44. The van der Waals surface area contributed by atoms with Gasteiger partial charge in [-0.25, -0.2) is 0 Å². The number of hydrogen-bond donors (Lipinski definition) is 0. The van der Waals surface area contributed by atoms with Crippen LogP contribution in [-0.4, -0.2) is 27.9 Å². The Labute approximate surface area is 147 Å². The fourth-order valence-electron chi connectivity index (χ4n) is 2.54. The number of hydrogen-bond acceptors (Lipinski definition) is 4. The molecule has 0 atom stereocenters. The summed E-state index contributed by atoms with van der Waals surface area (Å²) in [6.45, 7) is 1.13. The Morgan fingerprint density at radius 2 is 1.17 bits per heavy atom. The largest absolute Gasteiger partial charge is 0.494 e. The van der Waals surface area contributed by atoms with Gasteiger partial charge in [0.1, 0.15) is 5.75 Å². The van der Waals surface area contributed by atoms with E-state index in [1.165, 1.54) is 38.5 Å². The van der Waals surface area contributed by atoms with Crippen molar-refractivity contribution in [3.63, 3.8) is 0 Å². The highest BCUT2D eigenvalue weighted by Crippen LogP contribution is 2.12. The maximum atomic E-state index is 10.8. The molecule has 1 rings (SSSR count). The van der Waals surface area contributed by atoms with Gasteiger partial charge in [0.05, 0.1) is 19.5 Å². The summed E-state index contributed by atoms with van der Waals surface area (Å²) < 4.78 is 31.9. The second kappa shape index (κ2) is 13.2. The van der Waals surface area contributed by atoms with Crippen LogP contribution in [0.3, 0.4) is 0 Å². The van der Waals surface area contributed by atoms with Crippen molar-refractivity contribution >= 4 is 10.1 Å². The van der Waals surface area contributed by atoms with E-state index in [-0.39, 0.29) is 0 Å². The highest BCUT2D eigenvalue weighted by atomic mass is 32.2. The zero-order valence-corrected chi connectivity index (χ0v) is 15.7. The zero-order chi connectivity index (χ0) is 17.5. The van der Waals surface area contributed by atoms with E-state index < -0.39 is 10.1 Å². The summed E-state index contributed by atoms with van der Waals surface area (Å²) >= 11 is 0. The van der Waals surface area contributed by atoms with Gasteiger partial charge >= 0.3 is 0 Å². The summed E-state index contributed by atoms with van der Waals surface area (Å²) in [5.74, 6) is 0.958. The molecule has 4 nitrogen and oxygen atoms in total. The van der Waals surface area contributed by atoms with Crippen molar-refractivity contribution in [1.82, 2.24) is 0 Å². The summed E-state index contributed by atoms with van der Waals surface area (Å²) in [5.41, 5.74) is 0. The van der Waals surface area contributed by atoms with E-state index in [0.29, 0.717) is 6.61 Å². The van der Waals surface area contributed by atoms with Gasteiger partial charge in [0.25, 0.3) is 10.1 Å². The summed E-state index contributed by atoms with van der Waals surface area (Å²) in [6, 6.07) is 9.97. The van der Waals surface area contributed by atoms with Gasteiger partial charge in [0.15, 0.2) is 0 Å². The predicted octanol–water partition coefficient (Wildman–Crippen LogP) is 4.94. The molecule has 0 aliphatic carbocycles. The monoisotopic (exact) mass is 356 g/mol. The van der Waals surface area contributed by atoms with Gasteiger partial charge in [0.2, 0.25) is 0 Å². The number of ether oxygens (including phenoxy) is 1. The summed E-state index contributed by atoms with van der Waals surface area (Å²) in [6.07, 6.45) is 12.9. The molecule has 0 saturated carbocycles. The maximum absolute atomic E-state index is 10.8. The van der Waals surface area contributed by atoms with Gasteiger partial charge in [0, 0.05) is 0 Å². The minimum absolute atomic E-state index is 0.323. The van der Waals surface area contributed by atoms with Gasteiger partial charge in [-0.2, -0.15) is 8.42 Å². The Hall–Kier alpha value is -1.07. The topological polar surface area (TPSA) is 52.6 Å². The Bertz CT molecular complexity index is 499. The zero-order valence-electron chi connectivity index (χ0n) is 14.9. The van der Waals surface area contributed by atoms with Gasteiger partial charge in [-0.3, -0.25) is 4.18 Å². The van der Waals surface area contributed by atoms with Crippen LogP contribution in [-0.2, 0) is 14.3 Å². The molecule has 138 valence electrons. The van der Waals surface area contributed by atoms with Crippen molar-refractivity contribution in [2.75, 3.05) is 19.5 Å². The molecular formula is C19H32O4S. The predicted molar refractivity (Wildman–Crippen MR) is 98.9 cm³/mol. The molecule has 0 amide bonds. The van der Waals surface area contributed by atoms with Crippen LogP contribution >= 0.6 is 0 Å². The van der Waals surface area contributed by atoms with Gasteiger partial charge in [-0.15, -0.1) is 0 Å². The molecule has 0 aliphatic rings. The molecule has 0 unspecified atom stereocenters. The number of benzene rings is 1. The van der Waals surface area contributed by atoms with Crippen LogP contribution in [0.2, 0.25) is 0 Å². The van der Waals surface area contributed by atoms with Crippen molar-refractivity contribution in [1.29, 1.82) is 0 Å². The van der Waals surface area contributed by atoms with Crippen LogP contribution in [0.15, 0.2) is 30.3 Å². The third kappa shape index (κ3) is 13.4. The Kier molecular flexibility index (Phi) is 11.6. The number of rotatable bonds is 15. The van der Waals surface area contributed by atoms with Gasteiger partial charge in [-0.05, 0) is 25.0 Å². The van der Waals surface area contributed by atoms with Crippen LogP contribution in [0.1, 0.15) is 64.2 Å². The van der Waals surface area contributed by atoms with Crippen LogP contribution in [0, 0.1) is 0 Å². The molecular weight excluding hydrogens is 324 g/mol. The van der Waals surface area contributed by atoms with E-state index in [2.05, 4.69) is 0 Å². The molecule has 24 heavy (non-hydrogen) atoms. The first-order valence-electron chi connectivity index (χ1n) is 9.10. The minimum atomic E-state index is -3.26. The number of unbranched alkanes of at least 4 members (excludes halogenated alkanes) is 9. The summed E-state index contributed by atoms with van der Waals surface area (Å²) in [7, 11) is -3.26. The van der Waals surface area contributed by atoms with Crippen molar-refractivity contribution in [2.24, 2.45) is 0 Å². The molecule has 0 saturated heterocycles. The molecule has 0 radical (unpaired) electrons. The summed E-state index contributed by atoms with van der Waals surface area (Å²) in [5, 5.41) is 0. The number of para-hydroxylation sites is 1. The van der Waals surface area contributed by atoms with E-state index in [9.17, 15) is 8.42 Å². The van der Waals surface area contributed by atoms with Crippen LogP contribution in [0.4, 0.5) is 0 Å². The van der Waals surface area contributed by atoms with Crippen molar-refractivity contribution in [3.05, 3.63) is 30.3 Å². The molecule has 0 N–H and O–H groups in total. The lowest BCUT2D eigenvalue weighted by molar-refractivity contribution is 0.304. The lowest BCUT2D eigenvalue weighted by atomic mass is 10.1. The fourth-order valence-corrected chi connectivity index (χ4v) is 2.96. The van der Waals surface area contributed by atoms with Crippen molar-refractivity contribution in [2.45, 2.75) is 64.2 Å². The molecule has 5 heteroatoms. The van der Waals surface area contributed by atoms with Crippen molar-refractivity contribution < 1.29 is 17.3 Å². The first-order chi connectivity index (χ1) is 11.6. The first-order valence-corrected chi connectivity index (χ1v) is 10.9. The summed E-state index contributed by atoms with van der Waals surface area (Å²) in [4.78, 5) is 0. The van der Waals surface area contributed by atoms with Crippen molar-refractivity contribution in [3.8, 4) is 5.75 Å². The minimum Gasteiger partial charge on any atom is -0.494 e. The molecule has 0 bridgehead atoms. The first kappa shape index (κ1) is 21.0. The highest BCUT2D eigenvalue weighted by Gasteiger charge is 2.00. The van der Waals surface area contributed by atoms with Crippen LogP contribution in [0.5, 0.6) is 5.75 Å². The molecule has 1 aromatic carbocycles. The molecule has 0 heterocycles. The molecule has 0 aliphatic heterocycles. The fraction of sp³-hybridized carbons (Fsp3) is 0.684. The van der Waals surface area contributed by atoms with E-state index >= 15 is 0 Å². The molecule has 1 aromatic rings. The van der Waals surface area contributed by atoms with Crippen LogP contribution < -0.4 is 4.74 Å². The third-order valence-electron chi connectivity index (χ3n) is 3.85. The van der Waals surface area contributed by atoms with E-state index in [1.54, 1.807) is 0 Å². The quantitative estimate of drug-likeness (QED) is 0.330. The average Bonchev–Trinajstić information content (AvgIpc) is 2.55. The van der Waals surface area contributed by atoms with Gasteiger partial charge in [-0.1, -0.05) is 69.6 Å². The average molecular weight is 357 g/mol.